The number of hydrogen-bond acceptors (Lipinski definition) is 2. The normalized spacial score (nSPS) is 27.9. The number of carbonyl (C=O) groups is 1. The van der Waals surface area contributed by atoms with Crippen LogP contribution in [0.4, 0.5) is 0 Å². The zero-order chi connectivity index (χ0) is 13.9. The Morgan fingerprint density at radius 2 is 2.15 bits per heavy atom. The lowest BCUT2D eigenvalue weighted by Crippen LogP contribution is -2.37. The fraction of sp³-hybridized carbons (Fsp3) is 0.471. The first-order valence-electron chi connectivity index (χ1n) is 7.38. The predicted molar refractivity (Wildman–Crippen MR) is 79.4 cm³/mol. The summed E-state index contributed by atoms with van der Waals surface area (Å²) >= 11 is 0. The second kappa shape index (κ2) is 5.70. The van der Waals surface area contributed by atoms with Gasteiger partial charge in [-0.1, -0.05) is 24.6 Å². The lowest BCUT2D eigenvalue weighted by Gasteiger charge is -2.22. The highest BCUT2D eigenvalue weighted by Crippen LogP contribution is 2.44. The molecule has 0 heterocycles. The van der Waals surface area contributed by atoms with E-state index in [9.17, 15) is 4.79 Å². The Labute approximate surface area is 120 Å². The fourth-order valence-electron chi connectivity index (χ4n) is 3.62. The van der Waals surface area contributed by atoms with Crippen molar-refractivity contribution in [3.8, 4) is 5.75 Å². The quantitative estimate of drug-likeness (QED) is 0.855. The molecule has 2 bridgehead atoms. The molecule has 1 N–H and O–H groups in total. The molecule has 0 saturated heterocycles. The van der Waals surface area contributed by atoms with Crippen LogP contribution >= 0.6 is 0 Å². The maximum Gasteiger partial charge on any atom is 0.244 e. The molecule has 0 aliphatic heterocycles. The van der Waals surface area contributed by atoms with Crippen molar-refractivity contribution in [3.05, 3.63) is 35.9 Å². The zero-order valence-corrected chi connectivity index (χ0v) is 11.8. The van der Waals surface area contributed by atoms with Gasteiger partial charge in [0.25, 0.3) is 0 Å². The van der Waals surface area contributed by atoms with Gasteiger partial charge >= 0.3 is 0 Å². The van der Waals surface area contributed by atoms with Gasteiger partial charge in [0, 0.05) is 17.7 Å². The van der Waals surface area contributed by atoms with Gasteiger partial charge in [-0.3, -0.25) is 4.79 Å². The summed E-state index contributed by atoms with van der Waals surface area (Å²) in [4.78, 5) is 12.0. The largest absolute Gasteiger partial charge is 0.496 e. The van der Waals surface area contributed by atoms with Crippen molar-refractivity contribution >= 4 is 12.0 Å². The van der Waals surface area contributed by atoms with Gasteiger partial charge in [0.2, 0.25) is 5.91 Å². The molecule has 3 rings (SSSR count). The lowest BCUT2D eigenvalue weighted by atomic mass is 9.95. The van der Waals surface area contributed by atoms with Gasteiger partial charge in [0.05, 0.1) is 7.11 Å². The van der Waals surface area contributed by atoms with E-state index < -0.39 is 0 Å². The molecule has 0 aromatic heterocycles. The first kappa shape index (κ1) is 13.2. The molecule has 3 atom stereocenters. The Balaban J connectivity index is 1.60. The number of ether oxygens (including phenoxy) is 1. The number of rotatable bonds is 4. The summed E-state index contributed by atoms with van der Waals surface area (Å²) in [6.07, 6.45) is 8.55. The third-order valence-electron chi connectivity index (χ3n) is 4.62. The smallest absolute Gasteiger partial charge is 0.244 e. The Morgan fingerprint density at radius 1 is 1.30 bits per heavy atom. The molecule has 0 spiro atoms. The highest BCUT2D eigenvalue weighted by molar-refractivity contribution is 5.92. The van der Waals surface area contributed by atoms with E-state index in [0.717, 1.165) is 17.2 Å². The molecule has 20 heavy (non-hydrogen) atoms. The summed E-state index contributed by atoms with van der Waals surface area (Å²) in [6, 6.07) is 8.10. The maximum atomic E-state index is 12.0. The second-order valence-electron chi connectivity index (χ2n) is 5.87. The number of amides is 1. The van der Waals surface area contributed by atoms with Gasteiger partial charge < -0.3 is 10.1 Å². The molecule has 2 saturated carbocycles. The van der Waals surface area contributed by atoms with E-state index in [1.807, 2.05) is 30.3 Å². The van der Waals surface area contributed by atoms with Crippen LogP contribution in [0.5, 0.6) is 5.75 Å². The molecule has 0 unspecified atom stereocenters. The van der Waals surface area contributed by atoms with E-state index in [4.69, 9.17) is 4.74 Å². The molecule has 2 aliphatic carbocycles. The van der Waals surface area contributed by atoms with Gasteiger partial charge in [-0.25, -0.2) is 0 Å². The Kier molecular flexibility index (Phi) is 3.77. The van der Waals surface area contributed by atoms with E-state index in [1.54, 1.807) is 13.2 Å². The van der Waals surface area contributed by atoms with Crippen molar-refractivity contribution in [2.45, 2.75) is 31.7 Å². The van der Waals surface area contributed by atoms with Crippen LogP contribution in [0.25, 0.3) is 6.08 Å². The van der Waals surface area contributed by atoms with Gasteiger partial charge in [-0.05, 0) is 43.2 Å². The van der Waals surface area contributed by atoms with Crippen molar-refractivity contribution in [2.24, 2.45) is 11.8 Å². The molecule has 1 aromatic rings. The SMILES string of the molecule is COc1ccccc1/C=C/C(=O)N[C@@H]1C[C@@H]2CC[C@@H]1C2. The summed E-state index contributed by atoms with van der Waals surface area (Å²) < 4.78 is 5.27. The van der Waals surface area contributed by atoms with E-state index in [0.29, 0.717) is 12.0 Å². The number of para-hydroxylation sites is 1. The van der Waals surface area contributed by atoms with Crippen LogP contribution in [0.1, 0.15) is 31.2 Å². The van der Waals surface area contributed by atoms with Crippen LogP contribution in [0.15, 0.2) is 30.3 Å². The van der Waals surface area contributed by atoms with Crippen LogP contribution in [-0.4, -0.2) is 19.1 Å². The molecule has 1 aromatic carbocycles. The summed E-state index contributed by atoms with van der Waals surface area (Å²) in [7, 11) is 1.64. The molecule has 106 valence electrons. The van der Waals surface area contributed by atoms with E-state index in [1.165, 1.54) is 25.7 Å². The van der Waals surface area contributed by atoms with Crippen LogP contribution in [0.3, 0.4) is 0 Å². The highest BCUT2D eigenvalue weighted by atomic mass is 16.5. The first-order valence-corrected chi connectivity index (χ1v) is 7.38. The summed E-state index contributed by atoms with van der Waals surface area (Å²) in [5.41, 5.74) is 0.929. The van der Waals surface area contributed by atoms with Crippen LogP contribution in [-0.2, 0) is 4.79 Å². The Bertz CT molecular complexity index is 523. The average Bonchev–Trinajstić information content (AvgIpc) is 3.08. The number of nitrogens with one attached hydrogen (secondary N) is 1. The summed E-state index contributed by atoms with van der Waals surface area (Å²) in [6.45, 7) is 0. The predicted octanol–water partition coefficient (Wildman–Crippen LogP) is 3.01. The summed E-state index contributed by atoms with van der Waals surface area (Å²) in [5.74, 6) is 2.36. The molecule has 3 heteroatoms. The van der Waals surface area contributed by atoms with Crippen LogP contribution < -0.4 is 10.1 Å². The molecule has 1 amide bonds. The second-order valence-corrected chi connectivity index (χ2v) is 5.87. The number of fused-ring (bicyclic) bond motifs is 2. The highest BCUT2D eigenvalue weighted by Gasteiger charge is 2.39. The van der Waals surface area contributed by atoms with Crippen molar-refractivity contribution in [2.75, 3.05) is 7.11 Å². The minimum Gasteiger partial charge on any atom is -0.496 e. The minimum absolute atomic E-state index is 0.00783. The van der Waals surface area contributed by atoms with Crippen molar-refractivity contribution in [1.82, 2.24) is 5.32 Å². The summed E-state index contributed by atoms with van der Waals surface area (Å²) in [5, 5.41) is 3.15. The Morgan fingerprint density at radius 3 is 2.85 bits per heavy atom. The number of carbonyl (C=O) groups excluding carboxylic acids is 1. The zero-order valence-electron chi connectivity index (χ0n) is 11.8. The molecule has 0 radical (unpaired) electrons. The van der Waals surface area contributed by atoms with Crippen molar-refractivity contribution in [1.29, 1.82) is 0 Å². The third-order valence-corrected chi connectivity index (χ3v) is 4.62. The van der Waals surface area contributed by atoms with Gasteiger partial charge in [0.15, 0.2) is 0 Å². The molecule has 2 fully saturated rings. The minimum atomic E-state index is 0.00783. The average molecular weight is 271 g/mol. The molecule has 2 aliphatic rings. The van der Waals surface area contributed by atoms with Gasteiger partial charge in [-0.15, -0.1) is 0 Å². The van der Waals surface area contributed by atoms with Gasteiger partial charge in [0.1, 0.15) is 5.75 Å². The number of hydrogen-bond donors (Lipinski definition) is 1. The lowest BCUT2D eigenvalue weighted by molar-refractivity contribution is -0.117. The molecule has 3 nitrogen and oxygen atoms in total. The van der Waals surface area contributed by atoms with E-state index >= 15 is 0 Å². The monoisotopic (exact) mass is 271 g/mol. The van der Waals surface area contributed by atoms with Crippen molar-refractivity contribution < 1.29 is 9.53 Å². The van der Waals surface area contributed by atoms with Gasteiger partial charge in [-0.2, -0.15) is 0 Å². The number of benzene rings is 1. The molecular formula is C17H21NO2. The standard InChI is InChI=1S/C17H21NO2/c1-20-16-5-3-2-4-13(16)8-9-17(19)18-15-11-12-6-7-14(15)10-12/h2-5,8-9,12,14-15H,6-7,10-11H2,1H3,(H,18,19)/b9-8+/t12-,14-,15-/m1/s1. The first-order chi connectivity index (χ1) is 9.76. The number of methoxy groups -OCH3 is 1. The van der Waals surface area contributed by atoms with E-state index in [-0.39, 0.29) is 5.91 Å². The van der Waals surface area contributed by atoms with E-state index in [2.05, 4.69) is 5.32 Å². The molecular weight excluding hydrogens is 250 g/mol. The Hall–Kier alpha value is -1.77. The fourth-order valence-corrected chi connectivity index (χ4v) is 3.62. The van der Waals surface area contributed by atoms with Crippen molar-refractivity contribution in [3.63, 3.8) is 0 Å². The topological polar surface area (TPSA) is 38.3 Å². The maximum absolute atomic E-state index is 12.0. The third kappa shape index (κ3) is 2.72. The van der Waals surface area contributed by atoms with Crippen LogP contribution in [0.2, 0.25) is 0 Å². The van der Waals surface area contributed by atoms with Crippen LogP contribution in [0, 0.1) is 11.8 Å².